The predicted molar refractivity (Wildman–Crippen MR) is 131 cm³/mol. The fourth-order valence-electron chi connectivity index (χ4n) is 4.71. The third-order valence-corrected chi connectivity index (χ3v) is 6.68. The Labute approximate surface area is 199 Å². The Hall–Kier alpha value is -3.16. The lowest BCUT2D eigenvalue weighted by atomic mass is 9.95. The van der Waals surface area contributed by atoms with Crippen LogP contribution in [0.4, 0.5) is 4.39 Å². The number of likely N-dealkylation sites (N-methyl/N-ethyl adjacent to an activating group) is 1. The molecule has 0 unspecified atom stereocenters. The molecule has 1 atom stereocenters. The molecule has 0 aliphatic carbocycles. The van der Waals surface area contributed by atoms with Crippen LogP contribution in [-0.4, -0.2) is 59.3 Å². The molecule has 1 saturated heterocycles. The van der Waals surface area contributed by atoms with Crippen molar-refractivity contribution in [1.82, 2.24) is 14.4 Å². The number of nitrogens with zero attached hydrogens (tertiary/aromatic N) is 3. The number of hydrogen-bond acceptors (Lipinski definition) is 5. The van der Waals surface area contributed by atoms with Gasteiger partial charge in [0.15, 0.2) is 0 Å². The van der Waals surface area contributed by atoms with Gasteiger partial charge in [0.2, 0.25) is 0 Å². The molecule has 0 saturated carbocycles. The smallest absolute Gasteiger partial charge is 0.259 e. The van der Waals surface area contributed by atoms with E-state index in [4.69, 9.17) is 4.74 Å². The Morgan fingerprint density at radius 1 is 1.06 bits per heavy atom. The van der Waals surface area contributed by atoms with E-state index >= 15 is 0 Å². The van der Waals surface area contributed by atoms with Gasteiger partial charge in [0.1, 0.15) is 17.3 Å². The molecule has 180 valence electrons. The largest absolute Gasteiger partial charge is 0.507 e. The van der Waals surface area contributed by atoms with Crippen LogP contribution in [0.3, 0.4) is 0 Å². The van der Waals surface area contributed by atoms with Crippen molar-refractivity contribution in [3.63, 3.8) is 0 Å². The van der Waals surface area contributed by atoms with Crippen molar-refractivity contribution in [2.75, 3.05) is 39.8 Å². The summed E-state index contributed by atoms with van der Waals surface area (Å²) in [5.41, 5.74) is 2.30. The second-order valence-corrected chi connectivity index (χ2v) is 8.75. The molecule has 3 aromatic rings. The van der Waals surface area contributed by atoms with E-state index in [1.165, 1.54) is 12.1 Å². The molecule has 1 aliphatic rings. The van der Waals surface area contributed by atoms with Crippen LogP contribution in [0.1, 0.15) is 35.3 Å². The highest BCUT2D eigenvalue weighted by Gasteiger charge is 2.31. The molecular formula is C27H32FN3O3. The summed E-state index contributed by atoms with van der Waals surface area (Å²) in [5.74, 6) is 0.331. The van der Waals surface area contributed by atoms with Crippen LogP contribution >= 0.6 is 0 Å². The lowest BCUT2D eigenvalue weighted by Crippen LogP contribution is -2.48. The Morgan fingerprint density at radius 3 is 2.38 bits per heavy atom. The van der Waals surface area contributed by atoms with Gasteiger partial charge in [-0.2, -0.15) is 0 Å². The van der Waals surface area contributed by atoms with E-state index < -0.39 is 6.04 Å². The maximum Gasteiger partial charge on any atom is 0.259 e. The number of piperazine rings is 1. The van der Waals surface area contributed by atoms with Gasteiger partial charge in [0.05, 0.1) is 25.3 Å². The fourth-order valence-corrected chi connectivity index (χ4v) is 4.71. The molecule has 2 aromatic carbocycles. The molecule has 0 bridgehead atoms. The van der Waals surface area contributed by atoms with E-state index in [1.54, 1.807) is 23.8 Å². The van der Waals surface area contributed by atoms with Crippen molar-refractivity contribution in [2.45, 2.75) is 26.4 Å². The third kappa shape index (κ3) is 5.00. The number of hydrogen-bond donors (Lipinski definition) is 1. The molecule has 0 spiro atoms. The van der Waals surface area contributed by atoms with E-state index in [0.29, 0.717) is 17.8 Å². The Balaban J connectivity index is 1.79. The summed E-state index contributed by atoms with van der Waals surface area (Å²) in [5, 5.41) is 11.0. The number of ether oxygens (including phenoxy) is 1. The zero-order chi connectivity index (χ0) is 24.2. The van der Waals surface area contributed by atoms with Crippen molar-refractivity contribution in [3.8, 4) is 11.5 Å². The van der Waals surface area contributed by atoms with Gasteiger partial charge in [-0.3, -0.25) is 9.69 Å². The van der Waals surface area contributed by atoms with Gasteiger partial charge < -0.3 is 19.3 Å². The summed E-state index contributed by atoms with van der Waals surface area (Å²) < 4.78 is 21.1. The monoisotopic (exact) mass is 465 g/mol. The SMILES string of the molecule is CCN1CCN([C@H](c2cccc(F)c2)c2c(O)cc(C)n(Cc3ccc(OC)cc3)c2=O)CC1. The number of halogens is 1. The molecule has 6 nitrogen and oxygen atoms in total. The van der Waals surface area contributed by atoms with Crippen LogP contribution in [0, 0.1) is 12.7 Å². The van der Waals surface area contributed by atoms with E-state index in [0.717, 1.165) is 44.0 Å². The third-order valence-electron chi connectivity index (χ3n) is 6.68. The first kappa shape index (κ1) is 24.0. The van der Waals surface area contributed by atoms with E-state index in [-0.39, 0.29) is 22.7 Å². The van der Waals surface area contributed by atoms with E-state index in [9.17, 15) is 14.3 Å². The molecule has 1 fully saturated rings. The Kier molecular flexibility index (Phi) is 7.34. The molecule has 1 N–H and O–H groups in total. The molecule has 4 rings (SSSR count). The van der Waals surface area contributed by atoms with Crippen molar-refractivity contribution in [3.05, 3.63) is 93.2 Å². The van der Waals surface area contributed by atoms with Crippen LogP contribution < -0.4 is 10.3 Å². The fraction of sp³-hybridized carbons (Fsp3) is 0.370. The van der Waals surface area contributed by atoms with Gasteiger partial charge in [-0.05, 0) is 54.9 Å². The standard InChI is InChI=1S/C27H32FN3O3/c1-4-29-12-14-30(15-13-29)26(21-6-5-7-22(28)17-21)25-24(32)16-19(2)31(27(25)33)18-20-8-10-23(34-3)11-9-20/h5-11,16-17,26,32H,4,12-15,18H2,1-3H3/t26-/m1/s1. The average Bonchev–Trinajstić information content (AvgIpc) is 2.85. The van der Waals surface area contributed by atoms with Crippen molar-refractivity contribution in [2.24, 2.45) is 0 Å². The van der Waals surface area contributed by atoms with Crippen LogP contribution in [0.25, 0.3) is 0 Å². The summed E-state index contributed by atoms with van der Waals surface area (Å²) in [6.07, 6.45) is 0. The molecule has 2 heterocycles. The molecule has 0 radical (unpaired) electrons. The number of aromatic nitrogens is 1. The predicted octanol–water partition coefficient (Wildman–Crippen LogP) is 3.79. The maximum atomic E-state index is 14.2. The van der Waals surface area contributed by atoms with Crippen molar-refractivity contribution < 1.29 is 14.2 Å². The lowest BCUT2D eigenvalue weighted by molar-refractivity contribution is 0.111. The van der Waals surface area contributed by atoms with Gasteiger partial charge in [0.25, 0.3) is 5.56 Å². The van der Waals surface area contributed by atoms with Gasteiger partial charge in [0, 0.05) is 31.9 Å². The number of pyridine rings is 1. The minimum Gasteiger partial charge on any atom is -0.507 e. The highest BCUT2D eigenvalue weighted by atomic mass is 19.1. The normalized spacial score (nSPS) is 15.9. The molecule has 1 aliphatic heterocycles. The first-order valence-electron chi connectivity index (χ1n) is 11.7. The van der Waals surface area contributed by atoms with E-state index in [2.05, 4.69) is 16.7 Å². The maximum absolute atomic E-state index is 14.2. The molecular weight excluding hydrogens is 433 g/mol. The zero-order valence-corrected chi connectivity index (χ0v) is 20.0. The minimum atomic E-state index is -0.537. The number of methoxy groups -OCH3 is 1. The van der Waals surface area contributed by atoms with Gasteiger partial charge in [-0.25, -0.2) is 4.39 Å². The number of aryl methyl sites for hydroxylation is 1. The highest BCUT2D eigenvalue weighted by molar-refractivity contribution is 5.41. The highest BCUT2D eigenvalue weighted by Crippen LogP contribution is 2.33. The average molecular weight is 466 g/mol. The summed E-state index contributed by atoms with van der Waals surface area (Å²) in [6.45, 7) is 8.42. The van der Waals surface area contributed by atoms with Crippen molar-refractivity contribution >= 4 is 0 Å². The Morgan fingerprint density at radius 2 is 1.76 bits per heavy atom. The first-order chi connectivity index (χ1) is 16.4. The van der Waals surface area contributed by atoms with Crippen LogP contribution in [0.15, 0.2) is 59.4 Å². The molecule has 7 heteroatoms. The second kappa shape index (κ2) is 10.4. The number of aromatic hydroxyl groups is 1. The van der Waals surface area contributed by atoms with Crippen molar-refractivity contribution in [1.29, 1.82) is 0 Å². The van der Waals surface area contributed by atoms with Crippen LogP contribution in [0.2, 0.25) is 0 Å². The van der Waals surface area contributed by atoms with Gasteiger partial charge in [-0.15, -0.1) is 0 Å². The summed E-state index contributed by atoms with van der Waals surface area (Å²) >= 11 is 0. The van der Waals surface area contributed by atoms with E-state index in [1.807, 2.05) is 37.3 Å². The Bertz CT molecular complexity index is 1180. The molecule has 34 heavy (non-hydrogen) atoms. The minimum absolute atomic E-state index is 0.0549. The first-order valence-corrected chi connectivity index (χ1v) is 11.7. The van der Waals surface area contributed by atoms with Gasteiger partial charge in [-0.1, -0.05) is 31.2 Å². The van der Waals surface area contributed by atoms with Crippen LogP contribution in [-0.2, 0) is 6.54 Å². The second-order valence-electron chi connectivity index (χ2n) is 8.75. The number of rotatable bonds is 7. The topological polar surface area (TPSA) is 57.9 Å². The summed E-state index contributed by atoms with van der Waals surface area (Å²) in [4.78, 5) is 18.4. The van der Waals surface area contributed by atoms with Crippen LogP contribution in [0.5, 0.6) is 11.5 Å². The quantitative estimate of drug-likeness (QED) is 0.576. The molecule has 0 amide bonds. The summed E-state index contributed by atoms with van der Waals surface area (Å²) in [6, 6.07) is 15.0. The zero-order valence-electron chi connectivity index (χ0n) is 20.0. The summed E-state index contributed by atoms with van der Waals surface area (Å²) in [7, 11) is 1.61. The molecule has 1 aromatic heterocycles. The lowest BCUT2D eigenvalue weighted by Gasteiger charge is -2.39. The number of benzene rings is 2. The van der Waals surface area contributed by atoms with Gasteiger partial charge >= 0.3 is 0 Å².